The molecule has 0 fully saturated rings. The average molecular weight is 423 g/mol. The van der Waals surface area contributed by atoms with Gasteiger partial charge in [0, 0.05) is 22.1 Å². The molecule has 2 aromatic carbocycles. The van der Waals surface area contributed by atoms with Gasteiger partial charge in [-0.05, 0) is 28.7 Å². The van der Waals surface area contributed by atoms with Crippen molar-refractivity contribution < 1.29 is 9.47 Å². The Morgan fingerprint density at radius 1 is 0.833 bits per heavy atom. The summed E-state index contributed by atoms with van der Waals surface area (Å²) in [5, 5.41) is 0. The van der Waals surface area contributed by atoms with Crippen molar-refractivity contribution in [2.45, 2.75) is 70.6 Å². The van der Waals surface area contributed by atoms with Gasteiger partial charge in [0.05, 0.1) is 22.3 Å². The molecule has 2 aromatic rings. The zero-order chi connectivity index (χ0) is 22.5. The Hall–Kier alpha value is -2.00. The van der Waals surface area contributed by atoms with Crippen molar-refractivity contribution in [3.8, 4) is 11.5 Å². The van der Waals surface area contributed by atoms with Crippen LogP contribution in [0.1, 0.15) is 62.4 Å². The summed E-state index contributed by atoms with van der Waals surface area (Å²) in [4.78, 5) is 0. The summed E-state index contributed by atoms with van der Waals surface area (Å²) >= 11 is 0. The lowest BCUT2D eigenvalue weighted by Gasteiger charge is -2.39. The van der Waals surface area contributed by atoms with Crippen LogP contribution in [-0.2, 0) is 10.8 Å². The molecule has 3 heteroatoms. The maximum atomic E-state index is 6.07. The third-order valence-electron chi connectivity index (χ3n) is 6.50. The van der Waals surface area contributed by atoms with Crippen LogP contribution in [0.2, 0.25) is 19.6 Å². The molecule has 1 atom stereocenters. The van der Waals surface area contributed by atoms with E-state index in [2.05, 4.69) is 96.7 Å². The zero-order valence-electron chi connectivity index (χ0n) is 20.4. The number of benzene rings is 2. The quantitative estimate of drug-likeness (QED) is 0.469. The van der Waals surface area contributed by atoms with E-state index in [-0.39, 0.29) is 10.8 Å². The first-order valence-corrected chi connectivity index (χ1v) is 14.5. The lowest BCUT2D eigenvalue weighted by atomic mass is 9.73. The second-order valence-corrected chi connectivity index (χ2v) is 16.5. The lowest BCUT2D eigenvalue weighted by molar-refractivity contribution is 0.374. The van der Waals surface area contributed by atoms with Gasteiger partial charge >= 0.3 is 0 Å². The number of hydrogen-bond acceptors (Lipinski definition) is 2. The van der Waals surface area contributed by atoms with Crippen molar-refractivity contribution >= 4 is 14.1 Å². The van der Waals surface area contributed by atoms with Crippen LogP contribution in [0.25, 0.3) is 6.08 Å². The Morgan fingerprint density at radius 2 is 1.43 bits per heavy atom. The number of rotatable bonds is 5. The monoisotopic (exact) mass is 422 g/mol. The molecule has 0 bridgehead atoms. The molecule has 30 heavy (non-hydrogen) atoms. The molecule has 0 heterocycles. The summed E-state index contributed by atoms with van der Waals surface area (Å²) in [6, 6.07) is 13.2. The minimum absolute atomic E-state index is 0.0457. The highest BCUT2D eigenvalue weighted by atomic mass is 28.3. The molecule has 0 aromatic heterocycles. The SMILES string of the molecule is COc1cc(C(C)(C)C)c(OC)c(C(C)(C)C2=Cc3ccccc3C2[Si](C)(C)C)c1. The maximum Gasteiger partial charge on any atom is 0.126 e. The molecule has 0 saturated heterocycles. The van der Waals surface area contributed by atoms with Gasteiger partial charge in [-0.1, -0.05) is 90.2 Å². The smallest absolute Gasteiger partial charge is 0.126 e. The van der Waals surface area contributed by atoms with Crippen LogP contribution in [0, 0.1) is 0 Å². The van der Waals surface area contributed by atoms with Gasteiger partial charge in [0.15, 0.2) is 0 Å². The molecular formula is C27H38O2Si. The fraction of sp³-hybridized carbons (Fsp3) is 0.481. The number of ether oxygens (including phenoxy) is 2. The Balaban J connectivity index is 2.28. The lowest BCUT2D eigenvalue weighted by Crippen LogP contribution is -2.37. The molecule has 0 aliphatic heterocycles. The fourth-order valence-corrected chi connectivity index (χ4v) is 7.49. The van der Waals surface area contributed by atoms with Gasteiger partial charge in [-0.3, -0.25) is 0 Å². The second kappa shape index (κ2) is 7.60. The highest BCUT2D eigenvalue weighted by molar-refractivity contribution is 6.78. The van der Waals surface area contributed by atoms with E-state index in [1.807, 2.05) is 0 Å². The maximum absolute atomic E-state index is 6.07. The number of fused-ring (bicyclic) bond motifs is 1. The molecule has 0 spiro atoms. The molecule has 1 aliphatic carbocycles. The first kappa shape index (κ1) is 22.7. The molecule has 0 amide bonds. The molecule has 1 unspecified atom stereocenters. The molecule has 0 saturated carbocycles. The van der Waals surface area contributed by atoms with Crippen LogP contribution >= 0.6 is 0 Å². The van der Waals surface area contributed by atoms with Crippen molar-refractivity contribution in [1.82, 2.24) is 0 Å². The zero-order valence-corrected chi connectivity index (χ0v) is 21.4. The largest absolute Gasteiger partial charge is 0.497 e. The van der Waals surface area contributed by atoms with Crippen LogP contribution in [-0.4, -0.2) is 22.3 Å². The van der Waals surface area contributed by atoms with E-state index < -0.39 is 8.07 Å². The summed E-state index contributed by atoms with van der Waals surface area (Å²) in [5.74, 6) is 1.88. The Kier molecular flexibility index (Phi) is 5.74. The Bertz CT molecular complexity index is 971. The third-order valence-corrected chi connectivity index (χ3v) is 8.85. The highest BCUT2D eigenvalue weighted by Crippen LogP contribution is 2.53. The second-order valence-electron chi connectivity index (χ2n) is 11.2. The van der Waals surface area contributed by atoms with Gasteiger partial charge < -0.3 is 9.47 Å². The van der Waals surface area contributed by atoms with Crippen molar-refractivity contribution in [2.24, 2.45) is 0 Å². The van der Waals surface area contributed by atoms with Gasteiger partial charge in [-0.15, -0.1) is 0 Å². The third kappa shape index (κ3) is 3.85. The van der Waals surface area contributed by atoms with Crippen LogP contribution < -0.4 is 9.47 Å². The predicted octanol–water partition coefficient (Wildman–Crippen LogP) is 7.34. The fourth-order valence-electron chi connectivity index (χ4n) is 4.91. The van der Waals surface area contributed by atoms with E-state index in [1.54, 1.807) is 14.2 Å². The normalized spacial score (nSPS) is 16.9. The molecule has 2 nitrogen and oxygen atoms in total. The number of allylic oxidation sites excluding steroid dienone is 1. The van der Waals surface area contributed by atoms with Gasteiger partial charge in [-0.2, -0.15) is 0 Å². The first-order chi connectivity index (χ1) is 13.8. The Morgan fingerprint density at radius 3 is 1.97 bits per heavy atom. The summed E-state index contributed by atoms with van der Waals surface area (Å²) in [6.07, 6.45) is 2.44. The van der Waals surface area contributed by atoms with Crippen LogP contribution in [0.4, 0.5) is 0 Å². The van der Waals surface area contributed by atoms with Crippen LogP contribution in [0.3, 0.4) is 0 Å². The van der Waals surface area contributed by atoms with E-state index in [1.165, 1.54) is 27.8 Å². The minimum Gasteiger partial charge on any atom is -0.497 e. The van der Waals surface area contributed by atoms with Gasteiger partial charge in [0.25, 0.3) is 0 Å². The molecular weight excluding hydrogens is 384 g/mol. The van der Waals surface area contributed by atoms with Gasteiger partial charge in [0.1, 0.15) is 11.5 Å². The minimum atomic E-state index is -1.52. The van der Waals surface area contributed by atoms with E-state index >= 15 is 0 Å². The molecule has 3 rings (SSSR count). The standard InChI is InChI=1S/C27H38O2Si/c1-26(2,3)21-16-19(28-6)17-22(24(21)29-7)27(4,5)23-15-18-13-11-12-14-20(18)25(23)30(8,9)10/h11-17,25H,1-10H3. The molecule has 0 N–H and O–H groups in total. The Labute approximate surface area is 184 Å². The topological polar surface area (TPSA) is 18.5 Å². The van der Waals surface area contributed by atoms with Crippen molar-refractivity contribution in [3.63, 3.8) is 0 Å². The molecule has 162 valence electrons. The summed E-state index contributed by atoms with van der Waals surface area (Å²) in [7, 11) is 2.03. The van der Waals surface area contributed by atoms with Gasteiger partial charge in [0.2, 0.25) is 0 Å². The van der Waals surface area contributed by atoms with Crippen molar-refractivity contribution in [2.75, 3.05) is 14.2 Å². The molecule has 0 radical (unpaired) electrons. The van der Waals surface area contributed by atoms with Crippen LogP contribution in [0.5, 0.6) is 11.5 Å². The van der Waals surface area contributed by atoms with E-state index in [4.69, 9.17) is 9.47 Å². The van der Waals surface area contributed by atoms with Crippen molar-refractivity contribution in [1.29, 1.82) is 0 Å². The number of methoxy groups -OCH3 is 2. The van der Waals surface area contributed by atoms with E-state index in [0.29, 0.717) is 5.54 Å². The van der Waals surface area contributed by atoms with Gasteiger partial charge in [-0.25, -0.2) is 0 Å². The van der Waals surface area contributed by atoms with Crippen LogP contribution in [0.15, 0.2) is 42.0 Å². The molecule has 1 aliphatic rings. The predicted molar refractivity (Wildman–Crippen MR) is 132 cm³/mol. The number of hydrogen-bond donors (Lipinski definition) is 0. The average Bonchev–Trinajstić information content (AvgIpc) is 3.07. The van der Waals surface area contributed by atoms with E-state index in [0.717, 1.165) is 11.5 Å². The summed E-state index contributed by atoms with van der Waals surface area (Å²) in [6.45, 7) is 18.8. The van der Waals surface area contributed by atoms with Crippen molar-refractivity contribution in [3.05, 3.63) is 64.2 Å². The first-order valence-electron chi connectivity index (χ1n) is 10.9. The summed E-state index contributed by atoms with van der Waals surface area (Å²) < 4.78 is 11.8. The highest BCUT2D eigenvalue weighted by Gasteiger charge is 2.44. The van der Waals surface area contributed by atoms with E-state index in [9.17, 15) is 0 Å². The summed E-state index contributed by atoms with van der Waals surface area (Å²) in [5.41, 5.74) is 6.99.